The molecule has 0 aromatic heterocycles. The van der Waals surface area contributed by atoms with Gasteiger partial charge in [0, 0.05) is 33.4 Å². The molecule has 2 aromatic carbocycles. The molecule has 2 amide bonds. The Morgan fingerprint density at radius 2 is 1.81 bits per heavy atom. The van der Waals surface area contributed by atoms with Crippen molar-refractivity contribution in [3.05, 3.63) is 51.8 Å². The van der Waals surface area contributed by atoms with Crippen molar-refractivity contribution in [1.82, 2.24) is 0 Å². The van der Waals surface area contributed by atoms with Crippen LogP contribution in [-0.4, -0.2) is 17.5 Å². The number of anilines is 2. The number of urea groups is 1. The van der Waals surface area contributed by atoms with Gasteiger partial charge < -0.3 is 20.5 Å². The van der Waals surface area contributed by atoms with Crippen LogP contribution in [0.5, 0.6) is 5.75 Å². The summed E-state index contributed by atoms with van der Waals surface area (Å²) >= 11 is 11.7. The van der Waals surface area contributed by atoms with Gasteiger partial charge in [0.05, 0.1) is 12.3 Å². The number of aliphatic hydroxyl groups is 1. The summed E-state index contributed by atoms with van der Waals surface area (Å²) in [6, 6.07) is 3.82. The Kier molecular flexibility index (Phi) is 6.17. The van der Waals surface area contributed by atoms with Crippen molar-refractivity contribution < 1.29 is 32.2 Å². The third kappa shape index (κ3) is 5.65. The van der Waals surface area contributed by atoms with Crippen molar-refractivity contribution in [3.8, 4) is 5.75 Å². The fraction of sp³-hybridized carbons (Fsp3) is 0.133. The quantitative estimate of drug-likeness (QED) is 0.606. The van der Waals surface area contributed by atoms with Gasteiger partial charge in [-0.25, -0.2) is 9.18 Å². The van der Waals surface area contributed by atoms with E-state index in [1.807, 2.05) is 0 Å². The van der Waals surface area contributed by atoms with E-state index < -0.39 is 30.6 Å². The lowest BCUT2D eigenvalue weighted by Crippen LogP contribution is -2.21. The zero-order valence-electron chi connectivity index (χ0n) is 12.6. The first kappa shape index (κ1) is 20.1. The summed E-state index contributed by atoms with van der Waals surface area (Å²) in [6.45, 7) is -0.505. The van der Waals surface area contributed by atoms with Crippen LogP contribution in [0.25, 0.3) is 0 Å². The number of carbonyl (C=O) groups excluding carboxylic acids is 1. The molecule has 2 aromatic rings. The van der Waals surface area contributed by atoms with Gasteiger partial charge in [-0.1, -0.05) is 23.2 Å². The summed E-state index contributed by atoms with van der Waals surface area (Å²) in [6.07, 6.45) is -5.01. The molecule has 0 aliphatic heterocycles. The topological polar surface area (TPSA) is 70.6 Å². The molecule has 2 rings (SSSR count). The molecule has 0 fully saturated rings. The molecule has 0 unspecified atom stereocenters. The average Bonchev–Trinajstić information content (AvgIpc) is 2.43. The lowest BCUT2D eigenvalue weighted by atomic mass is 10.2. The third-order valence-electron chi connectivity index (χ3n) is 2.93. The molecule has 0 spiro atoms. The van der Waals surface area contributed by atoms with Crippen molar-refractivity contribution in [1.29, 1.82) is 0 Å². The molecule has 26 heavy (non-hydrogen) atoms. The van der Waals surface area contributed by atoms with E-state index in [1.54, 1.807) is 0 Å². The Morgan fingerprint density at radius 1 is 1.12 bits per heavy atom. The number of alkyl halides is 3. The van der Waals surface area contributed by atoms with Gasteiger partial charge in [0.1, 0.15) is 11.6 Å². The van der Waals surface area contributed by atoms with E-state index in [0.29, 0.717) is 6.07 Å². The number of ether oxygens (including phenoxy) is 1. The average molecular weight is 413 g/mol. The Labute approximate surface area is 154 Å². The van der Waals surface area contributed by atoms with Gasteiger partial charge in [0.2, 0.25) is 0 Å². The first-order valence-corrected chi connectivity index (χ1v) is 7.56. The van der Waals surface area contributed by atoms with Crippen LogP contribution in [-0.2, 0) is 6.61 Å². The fourth-order valence-corrected chi connectivity index (χ4v) is 2.54. The van der Waals surface area contributed by atoms with Crippen LogP contribution in [0.2, 0.25) is 10.0 Å². The molecule has 0 aliphatic carbocycles. The van der Waals surface area contributed by atoms with Gasteiger partial charge in [0.25, 0.3) is 0 Å². The number of aliphatic hydroxyl groups excluding tert-OH is 1. The molecule has 0 heterocycles. The maximum absolute atomic E-state index is 13.4. The number of carbonyl (C=O) groups is 1. The highest BCUT2D eigenvalue weighted by Crippen LogP contribution is 2.30. The zero-order valence-corrected chi connectivity index (χ0v) is 14.1. The highest BCUT2D eigenvalue weighted by Gasteiger charge is 2.31. The molecule has 0 saturated carbocycles. The molecule has 3 N–H and O–H groups in total. The van der Waals surface area contributed by atoms with Gasteiger partial charge in [-0.05, 0) is 18.2 Å². The minimum atomic E-state index is -5.01. The van der Waals surface area contributed by atoms with Crippen LogP contribution in [0, 0.1) is 5.82 Å². The van der Waals surface area contributed by atoms with Gasteiger partial charge in [0.15, 0.2) is 0 Å². The predicted molar refractivity (Wildman–Crippen MR) is 88.1 cm³/mol. The van der Waals surface area contributed by atoms with Gasteiger partial charge in [-0.15, -0.1) is 13.2 Å². The molecular formula is C15H10Cl2F4N2O3. The van der Waals surface area contributed by atoms with Crippen LogP contribution < -0.4 is 15.4 Å². The standard InChI is InChI=1S/C15H10Cl2F4N2O3/c16-7-1-12(17)11(6-24)13(2-7)23-14(25)22-9-3-8(18)4-10(5-9)26-15(19,20)21/h1-5,24H,6H2,(H2,22,23,25). The van der Waals surface area contributed by atoms with E-state index in [1.165, 1.54) is 12.1 Å². The van der Waals surface area contributed by atoms with Crippen molar-refractivity contribution in [2.75, 3.05) is 10.6 Å². The van der Waals surface area contributed by atoms with Crippen LogP contribution in [0.1, 0.15) is 5.56 Å². The summed E-state index contributed by atoms with van der Waals surface area (Å²) in [5.74, 6) is -1.89. The highest BCUT2D eigenvalue weighted by atomic mass is 35.5. The van der Waals surface area contributed by atoms with E-state index in [-0.39, 0.29) is 27.0 Å². The van der Waals surface area contributed by atoms with E-state index in [4.69, 9.17) is 23.2 Å². The fourth-order valence-electron chi connectivity index (χ4n) is 1.99. The summed E-state index contributed by atoms with van der Waals surface area (Å²) in [7, 11) is 0. The molecular weight excluding hydrogens is 403 g/mol. The molecule has 11 heteroatoms. The maximum Gasteiger partial charge on any atom is 0.573 e. The largest absolute Gasteiger partial charge is 0.573 e. The Hall–Kier alpha value is -2.23. The van der Waals surface area contributed by atoms with E-state index in [9.17, 15) is 27.5 Å². The molecule has 140 valence electrons. The zero-order chi connectivity index (χ0) is 19.5. The number of amides is 2. The van der Waals surface area contributed by atoms with Crippen LogP contribution >= 0.6 is 23.2 Å². The molecule has 0 aliphatic rings. The van der Waals surface area contributed by atoms with Crippen molar-refractivity contribution in [2.24, 2.45) is 0 Å². The lowest BCUT2D eigenvalue weighted by Gasteiger charge is -2.14. The van der Waals surface area contributed by atoms with Gasteiger partial charge in [-0.2, -0.15) is 0 Å². The van der Waals surface area contributed by atoms with Crippen molar-refractivity contribution >= 4 is 40.6 Å². The number of hydrogen-bond donors (Lipinski definition) is 3. The lowest BCUT2D eigenvalue weighted by molar-refractivity contribution is -0.274. The van der Waals surface area contributed by atoms with E-state index in [0.717, 1.165) is 12.1 Å². The van der Waals surface area contributed by atoms with Gasteiger partial charge >= 0.3 is 12.4 Å². The van der Waals surface area contributed by atoms with E-state index >= 15 is 0 Å². The number of hydrogen-bond acceptors (Lipinski definition) is 3. The molecule has 0 bridgehead atoms. The SMILES string of the molecule is O=C(Nc1cc(F)cc(OC(F)(F)F)c1)Nc1cc(Cl)cc(Cl)c1CO. The van der Waals surface area contributed by atoms with Gasteiger partial charge in [-0.3, -0.25) is 0 Å². The van der Waals surface area contributed by atoms with Crippen LogP contribution in [0.15, 0.2) is 30.3 Å². The number of nitrogens with one attached hydrogen (secondary N) is 2. The minimum absolute atomic E-state index is 0.0747. The minimum Gasteiger partial charge on any atom is -0.406 e. The summed E-state index contributed by atoms with van der Waals surface area (Å²) in [4.78, 5) is 12.0. The van der Waals surface area contributed by atoms with Crippen LogP contribution in [0.3, 0.4) is 0 Å². The number of benzene rings is 2. The molecule has 5 nitrogen and oxygen atoms in total. The highest BCUT2D eigenvalue weighted by molar-refractivity contribution is 6.35. The second-order valence-electron chi connectivity index (χ2n) is 4.87. The maximum atomic E-state index is 13.4. The number of rotatable bonds is 4. The van der Waals surface area contributed by atoms with E-state index in [2.05, 4.69) is 15.4 Å². The molecule has 0 radical (unpaired) electrons. The first-order chi connectivity index (χ1) is 12.1. The Morgan fingerprint density at radius 3 is 2.42 bits per heavy atom. The molecule has 0 saturated heterocycles. The Balaban J connectivity index is 2.18. The third-order valence-corrected chi connectivity index (χ3v) is 3.48. The predicted octanol–water partition coefficient (Wildman–Crippen LogP) is 5.17. The smallest absolute Gasteiger partial charge is 0.406 e. The summed E-state index contributed by atoms with van der Waals surface area (Å²) < 4.78 is 53.7. The normalized spacial score (nSPS) is 11.2. The first-order valence-electron chi connectivity index (χ1n) is 6.80. The summed E-state index contributed by atoms with van der Waals surface area (Å²) in [5.41, 5.74) is -0.0438. The second kappa shape index (κ2) is 7.98. The molecule has 0 atom stereocenters. The van der Waals surface area contributed by atoms with Crippen LogP contribution in [0.4, 0.5) is 33.7 Å². The van der Waals surface area contributed by atoms with Crippen molar-refractivity contribution in [3.63, 3.8) is 0 Å². The monoisotopic (exact) mass is 412 g/mol. The number of halogens is 6. The summed E-state index contributed by atoms with van der Waals surface area (Å²) in [5, 5.41) is 14.0. The Bertz CT molecular complexity index is 831. The second-order valence-corrected chi connectivity index (χ2v) is 5.72. The van der Waals surface area contributed by atoms with Crippen molar-refractivity contribution in [2.45, 2.75) is 13.0 Å².